The van der Waals surface area contributed by atoms with Crippen LogP contribution in [-0.4, -0.2) is 116 Å². The highest BCUT2D eigenvalue weighted by Crippen LogP contribution is 2.48. The first-order valence-corrected chi connectivity index (χ1v) is 30.0. The number of thioether (sulfide) groups is 2. The smallest absolute Gasteiger partial charge is 0.407 e. The standard InChI is InChI=1S/C59H76N8O6S2/c1-7-38-20-17-37(31-45(38)49-35-61-55(63-49)53-33-43-13-9-11-15-51(43)67(53)57(69)47(27-29-75-6)65-59(71)73-4)18-21-39-19-16-36(2)30-44(39)40-22-24-41(25-23-40)48-34-60-54(62-48)52-32-42-12-8-10-14-50(42)66(52)56(68)46(26-28-74-5)64-58(70)72-3/h16-17,19-20,22-25,30-31,34-35,42-43,46-47,50-53H,7-15,18,21,26-29,32-33H2,1-6H3,(H,60,62)(H,61,63)(H,64,70)(H,65,71)/t42?,43?,46-,47-,50?,51?,52-,53-/m0/s1. The van der Waals surface area contributed by atoms with Gasteiger partial charge in [0.25, 0.3) is 0 Å². The number of hydrogen-bond acceptors (Lipinski definition) is 10. The highest BCUT2D eigenvalue weighted by atomic mass is 32.2. The van der Waals surface area contributed by atoms with Crippen LogP contribution in [0.4, 0.5) is 9.59 Å². The predicted molar refractivity (Wildman–Crippen MR) is 300 cm³/mol. The summed E-state index contributed by atoms with van der Waals surface area (Å²) in [5.74, 6) is 3.77. The van der Waals surface area contributed by atoms with Crippen molar-refractivity contribution in [3.8, 4) is 33.6 Å². The number of methoxy groups -OCH3 is 2. The molecule has 4 N–H and O–H groups in total. The van der Waals surface area contributed by atoms with Crippen molar-refractivity contribution in [2.24, 2.45) is 11.8 Å². The largest absolute Gasteiger partial charge is 0.453 e. The topological polar surface area (TPSA) is 175 Å². The molecule has 0 radical (unpaired) electrons. The summed E-state index contributed by atoms with van der Waals surface area (Å²) in [5, 5.41) is 5.70. The number of hydrogen-bond donors (Lipinski definition) is 4. The molecule has 5 aromatic rings. The van der Waals surface area contributed by atoms with Crippen molar-refractivity contribution in [1.29, 1.82) is 0 Å². The lowest BCUT2D eigenvalue weighted by atomic mass is 9.84. The van der Waals surface area contributed by atoms with Gasteiger partial charge in [-0.25, -0.2) is 19.6 Å². The highest BCUT2D eigenvalue weighted by molar-refractivity contribution is 7.98. The summed E-state index contributed by atoms with van der Waals surface area (Å²) in [5.41, 5.74) is 11.3. The number of rotatable bonds is 19. The molecule has 9 rings (SSSR count). The van der Waals surface area contributed by atoms with Crippen LogP contribution in [-0.2, 0) is 38.3 Å². The van der Waals surface area contributed by atoms with Crippen LogP contribution < -0.4 is 10.6 Å². The zero-order chi connectivity index (χ0) is 52.6. The van der Waals surface area contributed by atoms with Crippen LogP contribution in [0, 0.1) is 18.8 Å². The Bertz CT molecular complexity index is 2780. The average Bonchev–Trinajstić information content (AvgIpc) is 4.30. The van der Waals surface area contributed by atoms with E-state index in [4.69, 9.17) is 19.4 Å². The second kappa shape index (κ2) is 24.9. The number of nitrogens with zero attached hydrogens (tertiary/aromatic N) is 4. The summed E-state index contributed by atoms with van der Waals surface area (Å²) in [6.45, 7) is 4.33. The summed E-state index contributed by atoms with van der Waals surface area (Å²) >= 11 is 3.32. The van der Waals surface area contributed by atoms with Crippen molar-refractivity contribution >= 4 is 47.5 Å². The Morgan fingerprint density at radius 2 is 1.17 bits per heavy atom. The molecule has 2 saturated heterocycles. The first-order valence-electron chi connectivity index (χ1n) is 27.3. The molecule has 4 unspecified atom stereocenters. The minimum Gasteiger partial charge on any atom is -0.453 e. The number of aryl methyl sites for hydroxylation is 4. The van der Waals surface area contributed by atoms with Gasteiger partial charge in [0.15, 0.2) is 0 Å². The number of aromatic amines is 2. The van der Waals surface area contributed by atoms with Crippen LogP contribution in [0.2, 0.25) is 0 Å². The number of benzene rings is 3. The quantitative estimate of drug-likeness (QED) is 0.0623. The van der Waals surface area contributed by atoms with E-state index >= 15 is 0 Å². The molecule has 400 valence electrons. The first kappa shape index (κ1) is 54.1. The summed E-state index contributed by atoms with van der Waals surface area (Å²) in [7, 11) is 2.67. The van der Waals surface area contributed by atoms with Crippen molar-refractivity contribution in [3.05, 3.63) is 107 Å². The Hall–Kier alpha value is -5.74. The fourth-order valence-electron chi connectivity index (χ4n) is 12.7. The zero-order valence-corrected chi connectivity index (χ0v) is 46.3. The fourth-order valence-corrected chi connectivity index (χ4v) is 13.7. The molecule has 16 heteroatoms. The van der Waals surface area contributed by atoms with Crippen molar-refractivity contribution in [1.82, 2.24) is 40.4 Å². The van der Waals surface area contributed by atoms with Gasteiger partial charge in [-0.15, -0.1) is 0 Å². The van der Waals surface area contributed by atoms with Gasteiger partial charge in [-0.3, -0.25) is 9.59 Å². The van der Waals surface area contributed by atoms with E-state index in [-0.39, 0.29) is 36.0 Å². The number of fused-ring (bicyclic) bond motifs is 2. The Labute approximate surface area is 451 Å². The maximum atomic E-state index is 14.5. The number of imidazole rings is 2. The molecule has 2 saturated carbocycles. The van der Waals surface area contributed by atoms with Gasteiger partial charge in [0.1, 0.15) is 23.7 Å². The van der Waals surface area contributed by atoms with E-state index in [1.54, 1.807) is 23.5 Å². The molecular weight excluding hydrogens is 981 g/mol. The molecule has 75 heavy (non-hydrogen) atoms. The molecule has 2 aliphatic carbocycles. The third kappa shape index (κ3) is 12.1. The van der Waals surface area contributed by atoms with Gasteiger partial charge >= 0.3 is 12.2 Å². The van der Waals surface area contributed by atoms with Crippen LogP contribution >= 0.6 is 23.5 Å². The molecule has 4 heterocycles. The summed E-state index contributed by atoms with van der Waals surface area (Å²) in [6, 6.07) is 20.8. The fraction of sp³-hybridized carbons (Fsp3) is 0.525. The van der Waals surface area contributed by atoms with Gasteiger partial charge in [0.2, 0.25) is 11.8 Å². The van der Waals surface area contributed by atoms with E-state index in [9.17, 15) is 19.2 Å². The van der Waals surface area contributed by atoms with Crippen LogP contribution in [0.15, 0.2) is 73.1 Å². The molecule has 2 aliphatic heterocycles. The van der Waals surface area contributed by atoms with E-state index in [1.165, 1.54) is 48.5 Å². The van der Waals surface area contributed by atoms with E-state index in [2.05, 4.69) is 100 Å². The number of nitrogens with one attached hydrogen (secondary N) is 4. The molecule has 3 aromatic carbocycles. The minimum atomic E-state index is -0.664. The van der Waals surface area contributed by atoms with Crippen LogP contribution in [0.25, 0.3) is 33.6 Å². The van der Waals surface area contributed by atoms with Crippen molar-refractivity contribution < 1.29 is 28.7 Å². The predicted octanol–water partition coefficient (Wildman–Crippen LogP) is 11.4. The number of aromatic nitrogens is 4. The first-order chi connectivity index (χ1) is 36.5. The molecule has 14 nitrogen and oxygen atoms in total. The lowest BCUT2D eigenvalue weighted by Gasteiger charge is -2.36. The highest BCUT2D eigenvalue weighted by Gasteiger charge is 2.49. The van der Waals surface area contributed by atoms with Gasteiger partial charge in [0.05, 0.1) is 50.1 Å². The van der Waals surface area contributed by atoms with Crippen molar-refractivity contribution in [3.63, 3.8) is 0 Å². The van der Waals surface area contributed by atoms with Crippen LogP contribution in [0.3, 0.4) is 0 Å². The van der Waals surface area contributed by atoms with Gasteiger partial charge < -0.3 is 39.9 Å². The Morgan fingerprint density at radius 3 is 1.72 bits per heavy atom. The monoisotopic (exact) mass is 1060 g/mol. The molecule has 0 bridgehead atoms. The number of likely N-dealkylation sites (tertiary alicyclic amines) is 2. The number of ether oxygens (including phenoxy) is 2. The number of amides is 4. The van der Waals surface area contributed by atoms with Gasteiger partial charge in [-0.2, -0.15) is 23.5 Å². The lowest BCUT2D eigenvalue weighted by Crippen LogP contribution is -2.52. The van der Waals surface area contributed by atoms with E-state index in [1.807, 2.05) is 29.8 Å². The normalized spacial score (nSPS) is 22.0. The number of carbonyl (C=O) groups is 4. The van der Waals surface area contributed by atoms with Crippen LogP contribution in [0.1, 0.15) is 130 Å². The average molecular weight is 1060 g/mol. The Kier molecular flexibility index (Phi) is 18.0. The van der Waals surface area contributed by atoms with Crippen molar-refractivity contribution in [2.75, 3.05) is 38.2 Å². The SMILES string of the molecule is CCc1ccc(CCc2ccc(C)cc2-c2ccc(-c3cnc([C@@H]4CC5CCCCC5N4C(=O)[C@H](CCSC)NC(=O)OC)[nH]3)cc2)cc1-c1cnc([C@@H]2CC3CCCCC3N2C(=O)[C@H](CCSC)NC(=O)OC)[nH]1. The van der Waals surface area contributed by atoms with Gasteiger partial charge in [0, 0.05) is 17.6 Å². The number of alkyl carbamates (subject to hydrolysis) is 2. The summed E-state index contributed by atoms with van der Waals surface area (Å²) in [4.78, 5) is 75.2. The molecule has 2 aromatic heterocycles. The van der Waals surface area contributed by atoms with Crippen molar-refractivity contribution in [2.45, 2.75) is 146 Å². The molecule has 4 aliphatic rings. The number of carbonyl (C=O) groups excluding carboxylic acids is 4. The van der Waals surface area contributed by atoms with E-state index < -0.39 is 24.3 Å². The van der Waals surface area contributed by atoms with E-state index in [0.717, 1.165) is 128 Å². The number of H-pyrrole nitrogens is 2. The molecular formula is C59H76N8O6S2. The Morgan fingerprint density at radius 1 is 0.653 bits per heavy atom. The molecule has 4 fully saturated rings. The molecule has 8 atom stereocenters. The van der Waals surface area contributed by atoms with E-state index in [0.29, 0.717) is 24.7 Å². The maximum Gasteiger partial charge on any atom is 0.407 e. The summed E-state index contributed by atoms with van der Waals surface area (Å²) < 4.78 is 9.88. The maximum absolute atomic E-state index is 14.5. The second-order valence-corrected chi connectivity index (χ2v) is 23.1. The zero-order valence-electron chi connectivity index (χ0n) is 44.6. The third-order valence-electron chi connectivity index (χ3n) is 16.6. The third-order valence-corrected chi connectivity index (χ3v) is 17.9. The lowest BCUT2D eigenvalue weighted by molar-refractivity contribution is -0.138. The van der Waals surface area contributed by atoms with Gasteiger partial charge in [-0.05, 0) is 153 Å². The van der Waals surface area contributed by atoms with Crippen LogP contribution in [0.5, 0.6) is 0 Å². The second-order valence-electron chi connectivity index (χ2n) is 21.1. The molecule has 0 spiro atoms. The minimum absolute atomic E-state index is 0.0517. The Balaban J connectivity index is 0.912. The van der Waals surface area contributed by atoms with Gasteiger partial charge in [-0.1, -0.05) is 92.8 Å². The summed E-state index contributed by atoms with van der Waals surface area (Å²) in [6.07, 6.45) is 20.6. The molecule has 4 amide bonds.